The number of pyridine rings is 1. The Hall–Kier alpha value is -2.64. The van der Waals surface area contributed by atoms with Crippen molar-refractivity contribution in [2.24, 2.45) is 0 Å². The fraction of sp³-hybridized carbons (Fsp3) is 0.200. The average molecular weight is 327 g/mol. The van der Waals surface area contributed by atoms with Crippen LogP contribution < -0.4 is 10.6 Å². The molecule has 0 aliphatic heterocycles. The van der Waals surface area contributed by atoms with E-state index in [-0.39, 0.29) is 0 Å². The van der Waals surface area contributed by atoms with Crippen LogP contribution in [0.4, 0.5) is 23.2 Å². The van der Waals surface area contributed by atoms with Crippen molar-refractivity contribution in [3.05, 3.63) is 59.4 Å². The number of carbonyl (C=O) groups excluding carboxylic acids is 1. The second-order valence-corrected chi connectivity index (χ2v) is 4.64. The summed E-state index contributed by atoms with van der Waals surface area (Å²) in [5.41, 5.74) is -0.0515. The highest BCUT2D eigenvalue weighted by atomic mass is 19.2. The van der Waals surface area contributed by atoms with E-state index >= 15 is 0 Å². The molecule has 0 fully saturated rings. The molecule has 2 rings (SSSR count). The van der Waals surface area contributed by atoms with E-state index in [1.165, 1.54) is 0 Å². The Bertz CT molecular complexity index is 669. The summed E-state index contributed by atoms with van der Waals surface area (Å²) in [5.74, 6) is -7.49. The van der Waals surface area contributed by atoms with Gasteiger partial charge in [-0.05, 0) is 12.0 Å². The van der Waals surface area contributed by atoms with Gasteiger partial charge in [-0.25, -0.2) is 0 Å². The van der Waals surface area contributed by atoms with Crippen molar-refractivity contribution in [2.75, 3.05) is 18.4 Å². The largest absolute Gasteiger partial charge is 0.371 e. The average Bonchev–Trinajstić information content (AvgIpc) is 2.54. The molecule has 0 atom stereocenters. The molecule has 1 aromatic carbocycles. The summed E-state index contributed by atoms with van der Waals surface area (Å²) in [6, 6.07) is 9.35. The molecular formula is C15H13F4N3O. The standard InChI is InChI=1S/C15H13F4N3O/c16-11-13(12(17)15(19)22-14(11)18)21-8-10(23)20-7-6-9-4-2-1-3-5-9/h1-5H,6-8H2,(H,20,23)(H,21,22). The van der Waals surface area contributed by atoms with E-state index in [1.807, 2.05) is 35.6 Å². The van der Waals surface area contributed by atoms with Crippen LogP contribution in [0.1, 0.15) is 5.56 Å². The first-order valence-electron chi connectivity index (χ1n) is 6.73. The van der Waals surface area contributed by atoms with E-state index in [9.17, 15) is 22.4 Å². The minimum atomic E-state index is -1.78. The molecule has 1 aromatic heterocycles. The van der Waals surface area contributed by atoms with Crippen molar-refractivity contribution in [3.63, 3.8) is 0 Å². The number of hydrogen-bond donors (Lipinski definition) is 2. The molecule has 0 aliphatic carbocycles. The fourth-order valence-corrected chi connectivity index (χ4v) is 1.86. The first-order valence-corrected chi connectivity index (χ1v) is 6.73. The smallest absolute Gasteiger partial charge is 0.253 e. The predicted octanol–water partition coefficient (Wildman–Crippen LogP) is 2.41. The van der Waals surface area contributed by atoms with E-state index in [2.05, 4.69) is 10.3 Å². The molecule has 0 radical (unpaired) electrons. The SMILES string of the molecule is O=C(CNc1c(F)c(F)nc(F)c1F)NCCc1ccccc1. The molecule has 0 saturated heterocycles. The third kappa shape index (κ3) is 4.41. The van der Waals surface area contributed by atoms with Crippen molar-refractivity contribution in [2.45, 2.75) is 6.42 Å². The van der Waals surface area contributed by atoms with E-state index in [4.69, 9.17) is 0 Å². The third-order valence-electron chi connectivity index (χ3n) is 3.00. The Morgan fingerprint density at radius 3 is 2.22 bits per heavy atom. The van der Waals surface area contributed by atoms with Crippen LogP contribution in [-0.2, 0) is 11.2 Å². The topological polar surface area (TPSA) is 54.0 Å². The van der Waals surface area contributed by atoms with Gasteiger partial charge < -0.3 is 10.6 Å². The van der Waals surface area contributed by atoms with Gasteiger partial charge in [0.1, 0.15) is 5.69 Å². The molecule has 0 aliphatic rings. The van der Waals surface area contributed by atoms with Crippen LogP contribution in [0.25, 0.3) is 0 Å². The lowest BCUT2D eigenvalue weighted by atomic mass is 10.1. The van der Waals surface area contributed by atoms with Gasteiger partial charge >= 0.3 is 0 Å². The van der Waals surface area contributed by atoms with Crippen LogP contribution in [0, 0.1) is 23.5 Å². The van der Waals surface area contributed by atoms with E-state index in [0.717, 1.165) is 5.56 Å². The predicted molar refractivity (Wildman–Crippen MR) is 75.7 cm³/mol. The quantitative estimate of drug-likeness (QED) is 0.633. The van der Waals surface area contributed by atoms with Gasteiger partial charge in [0.15, 0.2) is 0 Å². The van der Waals surface area contributed by atoms with Crippen molar-refractivity contribution in [3.8, 4) is 0 Å². The maximum atomic E-state index is 13.3. The molecule has 1 amide bonds. The molecule has 0 spiro atoms. The molecule has 0 saturated carbocycles. The number of benzene rings is 1. The summed E-state index contributed by atoms with van der Waals surface area (Å²) in [5, 5.41) is 4.55. The second kappa shape index (κ2) is 7.57. The maximum absolute atomic E-state index is 13.3. The Labute approximate surface area is 129 Å². The Kier molecular flexibility index (Phi) is 5.51. The van der Waals surface area contributed by atoms with Gasteiger partial charge in [-0.1, -0.05) is 30.3 Å². The zero-order valence-electron chi connectivity index (χ0n) is 11.9. The number of rotatable bonds is 6. The lowest BCUT2D eigenvalue weighted by molar-refractivity contribution is -0.119. The molecule has 2 N–H and O–H groups in total. The van der Waals surface area contributed by atoms with Gasteiger partial charge in [-0.2, -0.15) is 22.5 Å². The zero-order chi connectivity index (χ0) is 16.8. The Morgan fingerprint density at radius 1 is 1.00 bits per heavy atom. The van der Waals surface area contributed by atoms with Crippen LogP contribution in [0.2, 0.25) is 0 Å². The maximum Gasteiger partial charge on any atom is 0.253 e. The number of anilines is 1. The molecule has 0 unspecified atom stereocenters. The zero-order valence-corrected chi connectivity index (χ0v) is 11.9. The summed E-state index contributed by atoms with van der Waals surface area (Å²) in [6.45, 7) is -0.222. The summed E-state index contributed by atoms with van der Waals surface area (Å²) < 4.78 is 52.5. The molecule has 122 valence electrons. The molecule has 0 bridgehead atoms. The van der Waals surface area contributed by atoms with Crippen molar-refractivity contribution in [1.29, 1.82) is 0 Å². The van der Waals surface area contributed by atoms with Crippen molar-refractivity contribution >= 4 is 11.6 Å². The molecular weight excluding hydrogens is 314 g/mol. The highest BCUT2D eigenvalue weighted by Crippen LogP contribution is 2.21. The number of carbonyl (C=O) groups is 1. The molecule has 8 heteroatoms. The summed E-state index contributed by atoms with van der Waals surface area (Å²) in [4.78, 5) is 14.0. The molecule has 2 aromatic rings. The number of amides is 1. The van der Waals surface area contributed by atoms with Crippen LogP contribution in [-0.4, -0.2) is 24.0 Å². The van der Waals surface area contributed by atoms with E-state index < -0.39 is 41.7 Å². The lowest BCUT2D eigenvalue weighted by Crippen LogP contribution is -2.32. The van der Waals surface area contributed by atoms with Crippen LogP contribution in [0.15, 0.2) is 30.3 Å². The van der Waals surface area contributed by atoms with Crippen LogP contribution in [0.3, 0.4) is 0 Å². The normalized spacial score (nSPS) is 10.4. The van der Waals surface area contributed by atoms with Gasteiger partial charge in [0.25, 0.3) is 11.9 Å². The number of nitrogens with one attached hydrogen (secondary N) is 2. The summed E-state index contributed by atoms with van der Waals surface area (Å²) in [6.07, 6.45) is 0.577. The van der Waals surface area contributed by atoms with Crippen LogP contribution >= 0.6 is 0 Å². The van der Waals surface area contributed by atoms with Crippen LogP contribution in [0.5, 0.6) is 0 Å². The van der Waals surface area contributed by atoms with E-state index in [0.29, 0.717) is 13.0 Å². The number of halogens is 4. The van der Waals surface area contributed by atoms with Gasteiger partial charge in [-0.3, -0.25) is 4.79 Å². The third-order valence-corrected chi connectivity index (χ3v) is 3.00. The van der Waals surface area contributed by atoms with Crippen molar-refractivity contribution in [1.82, 2.24) is 10.3 Å². The highest BCUT2D eigenvalue weighted by molar-refractivity contribution is 5.80. The lowest BCUT2D eigenvalue weighted by Gasteiger charge is -2.10. The minimum Gasteiger partial charge on any atom is -0.371 e. The first-order chi connectivity index (χ1) is 11.0. The van der Waals surface area contributed by atoms with Gasteiger partial charge in [0.2, 0.25) is 17.5 Å². The second-order valence-electron chi connectivity index (χ2n) is 4.64. The minimum absolute atomic E-state index is 0.314. The summed E-state index contributed by atoms with van der Waals surface area (Å²) in [7, 11) is 0. The van der Waals surface area contributed by atoms with Gasteiger partial charge in [0, 0.05) is 6.54 Å². The number of hydrogen-bond acceptors (Lipinski definition) is 3. The molecule has 1 heterocycles. The van der Waals surface area contributed by atoms with Crippen molar-refractivity contribution < 1.29 is 22.4 Å². The fourth-order valence-electron chi connectivity index (χ4n) is 1.86. The molecule has 4 nitrogen and oxygen atoms in total. The Morgan fingerprint density at radius 2 is 1.61 bits per heavy atom. The van der Waals surface area contributed by atoms with Gasteiger partial charge in [0.05, 0.1) is 6.54 Å². The van der Waals surface area contributed by atoms with Gasteiger partial charge in [-0.15, -0.1) is 0 Å². The summed E-state index contributed by atoms with van der Waals surface area (Å²) >= 11 is 0. The first kappa shape index (κ1) is 16.7. The highest BCUT2D eigenvalue weighted by Gasteiger charge is 2.20. The monoisotopic (exact) mass is 327 g/mol. The Balaban J connectivity index is 1.85. The van der Waals surface area contributed by atoms with E-state index in [1.54, 1.807) is 0 Å². The molecule has 23 heavy (non-hydrogen) atoms. The number of nitrogens with zero attached hydrogens (tertiary/aromatic N) is 1. The number of aromatic nitrogens is 1.